The molecule has 12 nitrogen and oxygen atoms in total. The fourth-order valence-electron chi connectivity index (χ4n) is 3.47. The largest absolute Gasteiger partial charge is 1.00 e. The number of unbranched alkanes of at least 4 members (excludes halogenated alkanes) is 1. The standard InChI is InChI=1S/C27H38N4O8.2Rb/c1-20(19-32)5-2-3-11-29-27(37)39-15-4-14-38-16-12-28-23(33)18-24(34)30-22-8-6-21(7-9-22)17-26(36)31-13-10-25(31)35;;/h6-9,19-20H,2-5,10-18H2,1H3,(H3,28,29,30,33,34,37);;/q;2*+1/p-2. The van der Waals surface area contributed by atoms with E-state index in [-0.39, 0.29) is 160 Å². The molecule has 1 unspecified atom stereocenters. The van der Waals surface area contributed by atoms with Gasteiger partial charge in [0.05, 0.1) is 24.8 Å². The van der Waals surface area contributed by atoms with Gasteiger partial charge >= 0.3 is 122 Å². The molecule has 1 aromatic rings. The first-order chi connectivity index (χ1) is 18.8. The van der Waals surface area contributed by atoms with Crippen LogP contribution in [-0.2, 0) is 39.9 Å². The van der Waals surface area contributed by atoms with E-state index >= 15 is 0 Å². The third kappa shape index (κ3) is 18.3. The molecule has 0 bridgehead atoms. The molecule has 1 fully saturated rings. The summed E-state index contributed by atoms with van der Waals surface area (Å²) < 4.78 is 10.4. The molecule has 0 aliphatic carbocycles. The zero-order chi connectivity index (χ0) is 28.5. The Hall–Kier alpha value is -0.190. The summed E-state index contributed by atoms with van der Waals surface area (Å²) in [5, 5.41) is 10.3. The van der Waals surface area contributed by atoms with Crippen molar-refractivity contribution in [2.75, 3.05) is 39.5 Å². The van der Waals surface area contributed by atoms with Crippen molar-refractivity contribution in [1.82, 2.24) is 10.2 Å². The zero-order valence-electron chi connectivity index (χ0n) is 24.3. The molecule has 0 saturated carbocycles. The fraction of sp³-hybridized carbons (Fsp3) is 0.556. The topological polar surface area (TPSA) is 164 Å². The smallest absolute Gasteiger partial charge is 0.651 e. The number of rotatable bonds is 18. The number of carbonyl (C=O) groups is 6. The van der Waals surface area contributed by atoms with E-state index in [9.17, 15) is 28.8 Å². The van der Waals surface area contributed by atoms with Gasteiger partial charge in [-0.3, -0.25) is 14.5 Å². The van der Waals surface area contributed by atoms with Gasteiger partial charge in [-0.15, -0.1) is 12.2 Å². The summed E-state index contributed by atoms with van der Waals surface area (Å²) in [4.78, 5) is 70.5. The molecular weight excluding hydrogens is 679 g/mol. The van der Waals surface area contributed by atoms with Crippen LogP contribution in [0.1, 0.15) is 51.0 Å². The van der Waals surface area contributed by atoms with Gasteiger partial charge in [-0.05, 0) is 18.4 Å². The summed E-state index contributed by atoms with van der Waals surface area (Å²) in [5.41, 5.74) is 1.05. The Kier molecular flexibility index (Phi) is 24.1. The van der Waals surface area contributed by atoms with E-state index < -0.39 is 24.3 Å². The number of aldehydes is 1. The molecule has 2 rings (SSSR count). The van der Waals surface area contributed by atoms with Gasteiger partial charge in [0.2, 0.25) is 11.8 Å². The van der Waals surface area contributed by atoms with Crippen molar-refractivity contribution in [2.45, 2.75) is 51.9 Å². The Balaban J connectivity index is 0.00000800. The number of hydrogen-bond donors (Lipinski definition) is 1. The summed E-state index contributed by atoms with van der Waals surface area (Å²) in [7, 11) is 0. The van der Waals surface area contributed by atoms with Crippen LogP contribution >= 0.6 is 0 Å². The summed E-state index contributed by atoms with van der Waals surface area (Å²) in [6.45, 7) is 3.60. The normalized spacial score (nSPS) is 12.5. The van der Waals surface area contributed by atoms with Crippen LogP contribution in [0.15, 0.2) is 24.3 Å². The Morgan fingerprint density at radius 1 is 1.02 bits per heavy atom. The summed E-state index contributed by atoms with van der Waals surface area (Å²) in [6.07, 6.45) is 3.36. The van der Waals surface area contributed by atoms with Gasteiger partial charge in [0.1, 0.15) is 6.29 Å². The van der Waals surface area contributed by atoms with Crippen molar-refractivity contribution < 1.29 is 155 Å². The molecule has 0 spiro atoms. The van der Waals surface area contributed by atoms with Crippen molar-refractivity contribution in [2.24, 2.45) is 5.92 Å². The molecule has 0 radical (unpaired) electrons. The third-order valence-electron chi connectivity index (χ3n) is 5.78. The number of hydrogen-bond acceptors (Lipinski definition) is 8. The van der Waals surface area contributed by atoms with Gasteiger partial charge in [0.15, 0.2) is 0 Å². The van der Waals surface area contributed by atoms with Crippen LogP contribution in [0.2, 0.25) is 0 Å². The summed E-state index contributed by atoms with van der Waals surface area (Å²) >= 11 is 0. The second-order valence-corrected chi connectivity index (χ2v) is 9.13. The average molecular weight is 716 g/mol. The van der Waals surface area contributed by atoms with Gasteiger partial charge in [0.25, 0.3) is 0 Å². The number of amides is 5. The van der Waals surface area contributed by atoms with Crippen LogP contribution in [0, 0.1) is 5.92 Å². The van der Waals surface area contributed by atoms with Crippen LogP contribution in [0.25, 0.3) is 10.6 Å². The predicted molar refractivity (Wildman–Crippen MR) is 141 cm³/mol. The Labute approximate surface area is 338 Å². The molecule has 214 valence electrons. The predicted octanol–water partition coefficient (Wildman–Crippen LogP) is -3.04. The van der Waals surface area contributed by atoms with Gasteiger partial charge in [-0.1, -0.05) is 37.6 Å². The molecule has 1 aliphatic rings. The summed E-state index contributed by atoms with van der Waals surface area (Å²) in [5.74, 6) is -1.63. The monoisotopic (exact) mass is 714 g/mol. The molecule has 0 aromatic heterocycles. The van der Waals surface area contributed by atoms with Crippen LogP contribution in [0.4, 0.5) is 10.5 Å². The number of nitrogens with zero attached hydrogens (tertiary/aromatic N) is 3. The van der Waals surface area contributed by atoms with Crippen molar-refractivity contribution in [3.8, 4) is 0 Å². The van der Waals surface area contributed by atoms with E-state index in [4.69, 9.17) is 9.47 Å². The van der Waals surface area contributed by atoms with E-state index in [0.717, 1.165) is 25.5 Å². The Bertz CT molecular complexity index is 994. The number of likely N-dealkylation sites (tertiary alicyclic amines) is 1. The number of imide groups is 1. The molecule has 1 saturated heterocycles. The molecule has 1 heterocycles. The fourth-order valence-corrected chi connectivity index (χ4v) is 3.47. The van der Waals surface area contributed by atoms with Crippen molar-refractivity contribution >= 4 is 41.7 Å². The van der Waals surface area contributed by atoms with Crippen LogP contribution < -0.4 is 122 Å². The van der Waals surface area contributed by atoms with Crippen molar-refractivity contribution in [3.63, 3.8) is 0 Å². The van der Waals surface area contributed by atoms with Gasteiger partial charge in [-0.2, -0.15) is 0 Å². The van der Waals surface area contributed by atoms with E-state index in [0.29, 0.717) is 43.8 Å². The maximum Gasteiger partial charge on any atom is 1.00 e. The SMILES string of the molecule is CC(C=O)CCCCNC(=O)OCCCOCC[N-]C(=O)CC(=O)[N-]c1ccc(CC(=O)N2CCC2=O)cc1.[Rb+].[Rb+]. The van der Waals surface area contributed by atoms with Gasteiger partial charge in [0, 0.05) is 51.5 Å². The minimum absolute atomic E-state index is 0. The summed E-state index contributed by atoms with van der Waals surface area (Å²) in [6, 6.07) is 6.43. The van der Waals surface area contributed by atoms with Crippen LogP contribution in [-0.4, -0.2) is 80.4 Å². The van der Waals surface area contributed by atoms with Crippen molar-refractivity contribution in [1.29, 1.82) is 0 Å². The van der Waals surface area contributed by atoms with E-state index in [1.54, 1.807) is 24.3 Å². The van der Waals surface area contributed by atoms with E-state index in [1.165, 1.54) is 4.90 Å². The molecule has 41 heavy (non-hydrogen) atoms. The second kappa shape index (κ2) is 24.2. The number of alkyl carbamates (subject to hydrolysis) is 1. The number of nitrogens with one attached hydrogen (secondary N) is 1. The minimum Gasteiger partial charge on any atom is -0.651 e. The molecular formula is C27H36N4O8Rb2. The van der Waals surface area contributed by atoms with E-state index in [1.807, 2.05) is 6.92 Å². The van der Waals surface area contributed by atoms with Gasteiger partial charge < -0.3 is 39.8 Å². The minimum atomic E-state index is -0.634. The second-order valence-electron chi connectivity index (χ2n) is 9.13. The Morgan fingerprint density at radius 3 is 2.39 bits per heavy atom. The zero-order valence-corrected chi connectivity index (χ0v) is 34.1. The molecule has 5 amide bonds. The molecule has 1 N–H and O–H groups in total. The first-order valence-corrected chi connectivity index (χ1v) is 13.1. The molecule has 1 aromatic carbocycles. The maximum absolute atomic E-state index is 12.0. The van der Waals surface area contributed by atoms with E-state index in [2.05, 4.69) is 16.0 Å². The number of carbonyl (C=O) groups excluding carboxylic acids is 6. The van der Waals surface area contributed by atoms with Crippen LogP contribution in [0.5, 0.6) is 0 Å². The number of β-lactam (4-membered cyclic amide) rings is 1. The Morgan fingerprint density at radius 2 is 1.76 bits per heavy atom. The molecule has 1 atom stereocenters. The molecule has 14 heteroatoms. The first kappa shape index (κ1) is 40.8. The quantitative estimate of drug-likeness (QED) is 0.0726. The van der Waals surface area contributed by atoms with Crippen LogP contribution in [0.3, 0.4) is 0 Å². The third-order valence-corrected chi connectivity index (χ3v) is 5.78. The number of ether oxygens (including phenoxy) is 2. The number of benzene rings is 1. The van der Waals surface area contributed by atoms with Crippen molar-refractivity contribution in [3.05, 3.63) is 40.5 Å². The average Bonchev–Trinajstić information content (AvgIpc) is 2.89. The van der Waals surface area contributed by atoms with Gasteiger partial charge in [-0.25, -0.2) is 4.79 Å². The maximum atomic E-state index is 12.0. The first-order valence-electron chi connectivity index (χ1n) is 13.1. The molecule has 1 aliphatic heterocycles.